The van der Waals surface area contributed by atoms with Gasteiger partial charge in [0.05, 0.1) is 10.2 Å². The van der Waals surface area contributed by atoms with Crippen LogP contribution in [0.15, 0.2) is 11.3 Å². The monoisotopic (exact) mass is 123 g/mol. The number of allylic oxidation sites excluding steroid dienone is 2. The highest BCUT2D eigenvalue weighted by Gasteiger charge is 1.95. The van der Waals surface area contributed by atoms with E-state index < -0.39 is 0 Å². The van der Waals surface area contributed by atoms with Crippen LogP contribution in [0, 0.1) is 0 Å². The van der Waals surface area contributed by atoms with Crippen molar-refractivity contribution >= 4 is 10.2 Å². The molecule has 3 radical (unpaired) electrons. The molecule has 0 fully saturated rings. The van der Waals surface area contributed by atoms with Gasteiger partial charge in [0, 0.05) is 0 Å². The van der Waals surface area contributed by atoms with Crippen molar-refractivity contribution in [3.05, 3.63) is 11.3 Å². The fourth-order valence-electron chi connectivity index (χ4n) is 1.01. The molecule has 0 nitrogen and oxygen atoms in total. The Labute approximate surface area is 54.4 Å². The summed E-state index contributed by atoms with van der Waals surface area (Å²) in [6.07, 6.45) is 8.99. The van der Waals surface area contributed by atoms with Gasteiger partial charge in [0.1, 0.15) is 0 Å². The average molecular weight is 123 g/mol. The molecule has 43 valence electrons. The summed E-state index contributed by atoms with van der Waals surface area (Å²) in [7, 11) is 3.55. The highest BCUT2D eigenvalue weighted by Crippen LogP contribution is 2.13. The number of hydrogen-bond acceptors (Lipinski definition) is 0. The fraction of sp³-hybridized carbons (Fsp3) is 0.714. The molecule has 0 unspecified atom stereocenters. The molecule has 8 heavy (non-hydrogen) atoms. The lowest BCUT2D eigenvalue weighted by atomic mass is 10.2. The summed E-state index contributed by atoms with van der Waals surface area (Å²) in [6, 6.07) is 0. The van der Waals surface area contributed by atoms with E-state index in [0.29, 0.717) is 0 Å². The second-order valence-electron chi connectivity index (χ2n) is 2.33. The summed E-state index contributed by atoms with van der Waals surface area (Å²) in [5, 5.41) is 1.41. The number of rotatable bonds is 0. The predicted octanol–water partition coefficient (Wildman–Crippen LogP) is 2.00. The predicted molar refractivity (Wildman–Crippen MR) is 36.9 cm³/mol. The van der Waals surface area contributed by atoms with Crippen molar-refractivity contribution in [2.75, 3.05) is 0 Å². The summed E-state index contributed by atoms with van der Waals surface area (Å²) < 4.78 is 0. The van der Waals surface area contributed by atoms with Gasteiger partial charge in [0.25, 0.3) is 0 Å². The average Bonchev–Trinajstić information content (AvgIpc) is 1.94. The molecule has 0 saturated carbocycles. The van der Waals surface area contributed by atoms with E-state index in [4.69, 9.17) is 0 Å². The number of hydrogen-bond donors (Lipinski definition) is 0. The minimum Gasteiger partial charge on any atom is -0.0923 e. The van der Waals surface area contributed by atoms with Crippen molar-refractivity contribution in [2.24, 2.45) is 0 Å². The summed E-state index contributed by atoms with van der Waals surface area (Å²) in [5.74, 6) is 0. The second-order valence-corrected chi connectivity index (χ2v) is 2.97. The van der Waals surface area contributed by atoms with E-state index in [1.807, 2.05) is 0 Å². The van der Waals surface area contributed by atoms with Crippen molar-refractivity contribution in [2.45, 2.75) is 32.1 Å². The maximum Gasteiger partial charge on any atom is 0.0646 e. The van der Waals surface area contributed by atoms with Gasteiger partial charge in [0.2, 0.25) is 0 Å². The van der Waals surface area contributed by atoms with Crippen molar-refractivity contribution in [1.29, 1.82) is 0 Å². The van der Waals surface area contributed by atoms with E-state index in [-0.39, 0.29) is 0 Å². The molecule has 0 aromatic carbocycles. The normalized spacial score (nSPS) is 21.9. The maximum absolute atomic E-state index is 3.55. The third-order valence-electron chi connectivity index (χ3n) is 1.54. The highest BCUT2D eigenvalue weighted by molar-refractivity contribution is 6.21. The van der Waals surface area contributed by atoms with Crippen molar-refractivity contribution in [1.82, 2.24) is 0 Å². The lowest BCUT2D eigenvalue weighted by molar-refractivity contribution is 0.716. The quantitative estimate of drug-likeness (QED) is 0.432. The molecule has 1 rings (SSSR count). The Hall–Kier alpha value is -0.0431. The van der Waals surface area contributed by atoms with Gasteiger partial charge in [-0.15, -0.1) is 0 Å². The van der Waals surface area contributed by atoms with E-state index >= 15 is 0 Å². The van der Waals surface area contributed by atoms with Crippen LogP contribution in [0.1, 0.15) is 32.1 Å². The minimum atomic E-state index is 1.26. The first kappa shape index (κ1) is 6.08. The van der Waals surface area contributed by atoms with Crippen molar-refractivity contribution in [3.63, 3.8) is 0 Å². The Kier molecular flexibility index (Phi) is 2.34. The van der Waals surface area contributed by atoms with Crippen LogP contribution in [-0.4, -0.2) is 10.2 Å². The van der Waals surface area contributed by atoms with Crippen molar-refractivity contribution in [3.8, 4) is 0 Å². The third kappa shape index (κ3) is 1.82. The Balaban J connectivity index is 2.36. The minimum absolute atomic E-state index is 1.26. The first-order valence-electron chi connectivity index (χ1n) is 3.30. The van der Waals surface area contributed by atoms with Crippen LogP contribution in [0.4, 0.5) is 0 Å². The van der Waals surface area contributed by atoms with Gasteiger partial charge in [-0.1, -0.05) is 17.7 Å². The van der Waals surface area contributed by atoms with Gasteiger partial charge < -0.3 is 0 Å². The molecule has 1 aliphatic carbocycles. The smallest absolute Gasteiger partial charge is 0.0646 e. The van der Waals surface area contributed by atoms with Crippen LogP contribution in [0.3, 0.4) is 0 Å². The molecule has 1 aliphatic rings. The Morgan fingerprint density at radius 2 is 2.12 bits per heavy atom. The SMILES string of the molecule is [Si]C1=CCCCCC1. The molecular formula is C7H11Si. The van der Waals surface area contributed by atoms with Gasteiger partial charge in [-0.25, -0.2) is 0 Å². The van der Waals surface area contributed by atoms with Crippen LogP contribution in [0.2, 0.25) is 0 Å². The zero-order valence-electron chi connectivity index (χ0n) is 5.11. The third-order valence-corrected chi connectivity index (χ3v) is 2.00. The summed E-state index contributed by atoms with van der Waals surface area (Å²) in [6.45, 7) is 0. The standard InChI is InChI=1S/C7H11Si/c8-7-5-3-1-2-4-6-7/h5H,1-4,6H2. The van der Waals surface area contributed by atoms with E-state index in [9.17, 15) is 0 Å². The maximum atomic E-state index is 3.55. The Morgan fingerprint density at radius 3 is 3.00 bits per heavy atom. The molecule has 0 atom stereocenters. The Bertz CT molecular complexity index is 94.6. The molecule has 0 spiro atoms. The zero-order valence-corrected chi connectivity index (χ0v) is 6.11. The largest absolute Gasteiger partial charge is 0.0923 e. The van der Waals surface area contributed by atoms with Crippen LogP contribution in [-0.2, 0) is 0 Å². The molecule has 0 heterocycles. The van der Waals surface area contributed by atoms with Gasteiger partial charge in [-0.05, 0) is 25.7 Å². The molecule has 0 saturated heterocycles. The van der Waals surface area contributed by atoms with E-state index in [2.05, 4.69) is 16.3 Å². The van der Waals surface area contributed by atoms with Crippen LogP contribution >= 0.6 is 0 Å². The zero-order chi connectivity index (χ0) is 5.82. The van der Waals surface area contributed by atoms with Crippen LogP contribution in [0.25, 0.3) is 0 Å². The first-order valence-corrected chi connectivity index (χ1v) is 3.80. The Morgan fingerprint density at radius 1 is 1.25 bits per heavy atom. The molecular weight excluding hydrogens is 112 g/mol. The first-order chi connectivity index (χ1) is 3.89. The van der Waals surface area contributed by atoms with Gasteiger partial charge >= 0.3 is 0 Å². The molecule has 0 aromatic rings. The lowest BCUT2D eigenvalue weighted by Gasteiger charge is -1.91. The van der Waals surface area contributed by atoms with Gasteiger partial charge in [-0.2, -0.15) is 0 Å². The molecule has 0 N–H and O–H groups in total. The van der Waals surface area contributed by atoms with E-state index in [1.54, 1.807) is 0 Å². The molecule has 0 amide bonds. The molecule has 1 heteroatoms. The van der Waals surface area contributed by atoms with Crippen molar-refractivity contribution < 1.29 is 0 Å². The fourth-order valence-corrected chi connectivity index (χ4v) is 1.34. The molecule has 0 aliphatic heterocycles. The highest BCUT2D eigenvalue weighted by atomic mass is 28.1. The van der Waals surface area contributed by atoms with Gasteiger partial charge in [-0.3, -0.25) is 0 Å². The van der Waals surface area contributed by atoms with Gasteiger partial charge in [0.15, 0.2) is 0 Å². The summed E-state index contributed by atoms with van der Waals surface area (Å²) >= 11 is 0. The topological polar surface area (TPSA) is 0 Å². The van der Waals surface area contributed by atoms with Crippen LogP contribution in [0.5, 0.6) is 0 Å². The van der Waals surface area contributed by atoms with E-state index in [0.717, 1.165) is 0 Å². The second kappa shape index (κ2) is 3.08. The summed E-state index contributed by atoms with van der Waals surface area (Å²) in [4.78, 5) is 0. The lowest BCUT2D eigenvalue weighted by Crippen LogP contribution is -1.77. The summed E-state index contributed by atoms with van der Waals surface area (Å²) in [5.41, 5.74) is 0. The molecule has 0 bridgehead atoms. The molecule has 0 aromatic heterocycles. The van der Waals surface area contributed by atoms with Crippen LogP contribution < -0.4 is 0 Å². The van der Waals surface area contributed by atoms with E-state index in [1.165, 1.54) is 37.3 Å².